The van der Waals surface area contributed by atoms with Crippen LogP contribution in [0.5, 0.6) is 0 Å². The van der Waals surface area contributed by atoms with Crippen molar-refractivity contribution in [2.24, 2.45) is 4.99 Å². The molecule has 0 spiro atoms. The molecule has 29 heavy (non-hydrogen) atoms. The van der Waals surface area contributed by atoms with Crippen LogP contribution in [0, 0.1) is 5.82 Å². The van der Waals surface area contributed by atoms with E-state index in [9.17, 15) is 9.18 Å². The van der Waals surface area contributed by atoms with Gasteiger partial charge in [-0.05, 0) is 35.9 Å². The zero-order valence-corrected chi connectivity index (χ0v) is 16.8. The van der Waals surface area contributed by atoms with Gasteiger partial charge in [-0.15, -0.1) is 11.8 Å². The first-order chi connectivity index (χ1) is 14.2. The van der Waals surface area contributed by atoms with Gasteiger partial charge in [-0.3, -0.25) is 10.2 Å². The van der Waals surface area contributed by atoms with E-state index in [1.165, 1.54) is 23.9 Å². The van der Waals surface area contributed by atoms with Crippen LogP contribution in [-0.4, -0.2) is 22.5 Å². The van der Waals surface area contributed by atoms with Gasteiger partial charge in [0, 0.05) is 15.4 Å². The number of nitrogens with one attached hydrogen (secondary N) is 1. The lowest BCUT2D eigenvalue weighted by molar-refractivity contribution is -0.129. The minimum atomic E-state index is -0.293. The second-order valence-electron chi connectivity index (χ2n) is 6.62. The molecule has 0 radical (unpaired) electrons. The lowest BCUT2D eigenvalue weighted by Gasteiger charge is -2.26. The van der Waals surface area contributed by atoms with Crippen molar-refractivity contribution in [2.45, 2.75) is 15.2 Å². The SMILES string of the molecule is O=C1CSC(c2ccc(F)cc2)N1NC1=Nc2ccccc2Sc2ccccc21. The topological polar surface area (TPSA) is 44.7 Å². The molecule has 3 aromatic rings. The smallest absolute Gasteiger partial charge is 0.252 e. The molecule has 144 valence electrons. The number of thioether (sulfide) groups is 1. The third-order valence-corrected chi connectivity index (χ3v) is 7.06. The van der Waals surface area contributed by atoms with E-state index in [1.807, 2.05) is 42.5 Å². The first kappa shape index (κ1) is 18.3. The number of rotatable bonds is 2. The molecule has 2 heterocycles. The molecule has 1 N–H and O–H groups in total. The molecule has 1 atom stereocenters. The van der Waals surface area contributed by atoms with E-state index >= 15 is 0 Å². The number of hydrazine groups is 1. The van der Waals surface area contributed by atoms with Crippen molar-refractivity contribution in [3.63, 3.8) is 0 Å². The van der Waals surface area contributed by atoms with Crippen molar-refractivity contribution in [3.8, 4) is 0 Å². The summed E-state index contributed by atoms with van der Waals surface area (Å²) in [5, 5.41) is 1.36. The highest BCUT2D eigenvalue weighted by molar-refractivity contribution is 8.00. The van der Waals surface area contributed by atoms with E-state index in [1.54, 1.807) is 28.9 Å². The zero-order valence-electron chi connectivity index (χ0n) is 15.2. The van der Waals surface area contributed by atoms with Gasteiger partial charge in [0.1, 0.15) is 11.2 Å². The fourth-order valence-corrected chi connectivity index (χ4v) is 5.44. The predicted molar refractivity (Wildman–Crippen MR) is 115 cm³/mol. The maximum atomic E-state index is 13.3. The number of amidine groups is 1. The van der Waals surface area contributed by atoms with Crippen LogP contribution in [-0.2, 0) is 4.79 Å². The number of aliphatic imine (C=N–C) groups is 1. The van der Waals surface area contributed by atoms with Crippen LogP contribution in [0.4, 0.5) is 10.1 Å². The van der Waals surface area contributed by atoms with Gasteiger partial charge in [0.25, 0.3) is 5.91 Å². The van der Waals surface area contributed by atoms with Gasteiger partial charge < -0.3 is 0 Å². The van der Waals surface area contributed by atoms with Gasteiger partial charge >= 0.3 is 0 Å². The largest absolute Gasteiger partial charge is 0.277 e. The van der Waals surface area contributed by atoms with Crippen molar-refractivity contribution in [2.75, 3.05) is 5.75 Å². The molecule has 0 aromatic heterocycles. The van der Waals surface area contributed by atoms with E-state index in [0.29, 0.717) is 11.6 Å². The van der Waals surface area contributed by atoms with Crippen LogP contribution in [0.15, 0.2) is 87.6 Å². The minimum Gasteiger partial charge on any atom is -0.277 e. The highest BCUT2D eigenvalue weighted by Gasteiger charge is 2.34. The van der Waals surface area contributed by atoms with Crippen LogP contribution in [0.25, 0.3) is 0 Å². The Bertz CT molecular complexity index is 1120. The molecule has 4 nitrogen and oxygen atoms in total. The number of nitrogens with zero attached hydrogens (tertiary/aromatic N) is 2. The average molecular weight is 422 g/mol. The predicted octanol–water partition coefficient (Wildman–Crippen LogP) is 5.15. The molecule has 0 aliphatic carbocycles. The maximum absolute atomic E-state index is 13.3. The van der Waals surface area contributed by atoms with Crippen molar-refractivity contribution in [3.05, 3.63) is 89.7 Å². The first-order valence-corrected chi connectivity index (χ1v) is 11.0. The molecule has 1 saturated heterocycles. The normalized spacial score (nSPS) is 18.0. The number of carbonyl (C=O) groups excluding carboxylic acids is 1. The Morgan fingerprint density at radius 1 is 0.966 bits per heavy atom. The van der Waals surface area contributed by atoms with Crippen LogP contribution in [0.2, 0.25) is 0 Å². The summed E-state index contributed by atoms with van der Waals surface area (Å²) in [6.07, 6.45) is 0. The number of amides is 1. The highest BCUT2D eigenvalue weighted by Crippen LogP contribution is 2.41. The average Bonchev–Trinajstić information content (AvgIpc) is 3.01. The molecule has 0 saturated carbocycles. The molecule has 2 aliphatic heterocycles. The summed E-state index contributed by atoms with van der Waals surface area (Å²) in [7, 11) is 0. The second kappa shape index (κ2) is 7.57. The standard InChI is InChI=1S/C22H16FN3OS2/c23-15-11-9-14(10-12-15)22-26(20(27)13-28-22)25-21-16-5-1-3-7-18(16)29-19-8-4-2-6-17(19)24-21/h1-12,22H,13H2,(H,24,25). The zero-order chi connectivity index (χ0) is 19.8. The lowest BCUT2D eigenvalue weighted by atomic mass is 10.2. The number of hydrogen-bond acceptors (Lipinski definition) is 5. The number of fused-ring (bicyclic) bond motifs is 2. The van der Waals surface area contributed by atoms with Crippen molar-refractivity contribution >= 4 is 41.0 Å². The summed E-state index contributed by atoms with van der Waals surface area (Å²) in [5.74, 6) is 0.656. The van der Waals surface area contributed by atoms with E-state index < -0.39 is 0 Å². The summed E-state index contributed by atoms with van der Waals surface area (Å²) in [5.41, 5.74) is 5.94. The van der Waals surface area contributed by atoms with E-state index in [2.05, 4.69) is 11.5 Å². The monoisotopic (exact) mass is 421 g/mol. The highest BCUT2D eigenvalue weighted by atomic mass is 32.2. The maximum Gasteiger partial charge on any atom is 0.252 e. The van der Waals surface area contributed by atoms with Gasteiger partial charge in [0.2, 0.25) is 0 Å². The van der Waals surface area contributed by atoms with Gasteiger partial charge in [-0.25, -0.2) is 14.4 Å². The third-order valence-electron chi connectivity index (χ3n) is 4.71. The summed E-state index contributed by atoms with van der Waals surface area (Å²) in [6, 6.07) is 22.2. The van der Waals surface area contributed by atoms with E-state index in [4.69, 9.17) is 4.99 Å². The summed E-state index contributed by atoms with van der Waals surface area (Å²) in [4.78, 5) is 19.6. The minimum absolute atomic E-state index is 0.0327. The molecule has 1 fully saturated rings. The molecule has 1 amide bonds. The van der Waals surface area contributed by atoms with Crippen LogP contribution in [0.1, 0.15) is 16.5 Å². The van der Waals surface area contributed by atoms with Crippen LogP contribution < -0.4 is 5.43 Å². The fraction of sp³-hybridized carbons (Fsp3) is 0.0909. The number of para-hydroxylation sites is 1. The number of carbonyl (C=O) groups is 1. The molecular weight excluding hydrogens is 405 g/mol. The van der Waals surface area contributed by atoms with Crippen LogP contribution in [0.3, 0.4) is 0 Å². The van der Waals surface area contributed by atoms with Crippen molar-refractivity contribution in [1.29, 1.82) is 0 Å². The lowest BCUT2D eigenvalue weighted by Crippen LogP contribution is -2.45. The number of hydrogen-bond donors (Lipinski definition) is 1. The van der Waals surface area contributed by atoms with Gasteiger partial charge in [0.05, 0.1) is 11.4 Å². The Morgan fingerprint density at radius 2 is 1.69 bits per heavy atom. The summed E-state index contributed by atoms with van der Waals surface area (Å²) < 4.78 is 13.3. The van der Waals surface area contributed by atoms with E-state index in [-0.39, 0.29) is 17.1 Å². The molecule has 1 unspecified atom stereocenters. The van der Waals surface area contributed by atoms with Gasteiger partial charge in [0.15, 0.2) is 5.84 Å². The third kappa shape index (κ3) is 3.52. The summed E-state index contributed by atoms with van der Waals surface area (Å²) in [6.45, 7) is 0. The van der Waals surface area contributed by atoms with Crippen molar-refractivity contribution in [1.82, 2.24) is 10.4 Å². The number of halogens is 1. The molecule has 3 aromatic carbocycles. The summed E-state index contributed by atoms with van der Waals surface area (Å²) >= 11 is 3.17. The van der Waals surface area contributed by atoms with E-state index in [0.717, 1.165) is 26.6 Å². The molecule has 2 aliphatic rings. The quantitative estimate of drug-likeness (QED) is 0.622. The molecular formula is C22H16FN3OS2. The Hall–Kier alpha value is -2.77. The first-order valence-electron chi connectivity index (χ1n) is 9.10. The van der Waals surface area contributed by atoms with Gasteiger partial charge in [-0.2, -0.15) is 0 Å². The fourth-order valence-electron chi connectivity index (χ4n) is 3.30. The van der Waals surface area contributed by atoms with Gasteiger partial charge in [-0.1, -0.05) is 54.2 Å². The molecule has 7 heteroatoms. The molecule has 5 rings (SSSR count). The number of benzene rings is 3. The molecule has 0 bridgehead atoms. The Morgan fingerprint density at radius 3 is 2.52 bits per heavy atom. The Balaban J connectivity index is 1.54. The Kier molecular flexibility index (Phi) is 4.77. The van der Waals surface area contributed by atoms with Crippen molar-refractivity contribution < 1.29 is 9.18 Å². The van der Waals surface area contributed by atoms with Crippen LogP contribution >= 0.6 is 23.5 Å². The second-order valence-corrected chi connectivity index (χ2v) is 8.77. The Labute approximate surface area is 176 Å².